The minimum absolute atomic E-state index is 0.318. The third-order valence-electron chi connectivity index (χ3n) is 6.74. The highest BCUT2D eigenvalue weighted by Gasteiger charge is 2.41. The van der Waals surface area contributed by atoms with Crippen molar-refractivity contribution in [1.82, 2.24) is 19.6 Å². The first kappa shape index (κ1) is 15.1. The van der Waals surface area contributed by atoms with E-state index in [4.69, 9.17) is 0 Å². The zero-order chi connectivity index (χ0) is 16.3. The molecule has 0 N–H and O–H groups in total. The molecule has 0 radical (unpaired) electrons. The molecule has 0 aromatic heterocycles. The van der Waals surface area contributed by atoms with Crippen molar-refractivity contribution in [2.75, 3.05) is 65.4 Å². The Morgan fingerprint density at radius 2 is 0.875 bits per heavy atom. The fourth-order valence-electron chi connectivity index (χ4n) is 6.02. The monoisotopic (exact) mass is 332 g/mol. The van der Waals surface area contributed by atoms with Gasteiger partial charge >= 0.3 is 0 Å². The summed E-state index contributed by atoms with van der Waals surface area (Å²) in [6.45, 7) is 8.72. The van der Waals surface area contributed by atoms with Crippen LogP contribution < -0.4 is 0 Å². The van der Waals surface area contributed by atoms with E-state index >= 15 is 0 Å². The Bertz CT molecular complexity index is 483. The summed E-state index contributed by atoms with van der Waals surface area (Å²) in [5.74, 6) is 2.84. The fraction of sp³-hybridized carbons (Fsp3) is 0.889. The summed E-state index contributed by atoms with van der Waals surface area (Å²) < 4.78 is 0. The molecule has 8 bridgehead atoms. The number of carbonyl (C=O) groups excluding carboxylic acids is 2. The average Bonchev–Trinajstić information content (AvgIpc) is 2.52. The lowest BCUT2D eigenvalue weighted by Gasteiger charge is -2.49. The van der Waals surface area contributed by atoms with Gasteiger partial charge in [-0.25, -0.2) is 0 Å². The van der Waals surface area contributed by atoms with Crippen molar-refractivity contribution >= 4 is 11.8 Å². The van der Waals surface area contributed by atoms with Crippen molar-refractivity contribution in [3.05, 3.63) is 0 Å². The van der Waals surface area contributed by atoms with E-state index in [0.717, 1.165) is 52.4 Å². The van der Waals surface area contributed by atoms with Gasteiger partial charge in [0.15, 0.2) is 0 Å². The molecule has 6 heteroatoms. The Balaban J connectivity index is 1.43. The van der Waals surface area contributed by atoms with E-state index in [1.807, 2.05) is 0 Å². The first-order valence-electron chi connectivity index (χ1n) is 9.62. The van der Waals surface area contributed by atoms with Crippen LogP contribution in [0.4, 0.5) is 0 Å². The summed E-state index contributed by atoms with van der Waals surface area (Å²) in [5.41, 5.74) is 0. The highest BCUT2D eigenvalue weighted by molar-refractivity contribution is 5.79. The minimum Gasteiger partial charge on any atom is -0.341 e. The highest BCUT2D eigenvalue weighted by Crippen LogP contribution is 2.32. The number of piperidine rings is 4. The lowest BCUT2D eigenvalue weighted by molar-refractivity contribution is -0.144. The molecule has 8 rings (SSSR count). The summed E-state index contributed by atoms with van der Waals surface area (Å²) in [4.78, 5) is 34.7. The Kier molecular flexibility index (Phi) is 3.59. The Hall–Kier alpha value is -1.14. The molecule has 24 heavy (non-hydrogen) atoms. The van der Waals surface area contributed by atoms with Crippen molar-refractivity contribution in [2.24, 2.45) is 23.7 Å². The molecule has 132 valence electrons. The van der Waals surface area contributed by atoms with Gasteiger partial charge in [-0.15, -0.1) is 0 Å². The van der Waals surface area contributed by atoms with Crippen molar-refractivity contribution in [3.63, 3.8) is 0 Å². The van der Waals surface area contributed by atoms with E-state index in [-0.39, 0.29) is 0 Å². The number of carbonyl (C=O) groups is 2. The van der Waals surface area contributed by atoms with E-state index in [1.54, 1.807) is 0 Å². The lowest BCUT2D eigenvalue weighted by Crippen LogP contribution is -2.61. The van der Waals surface area contributed by atoms with Crippen LogP contribution in [0.25, 0.3) is 0 Å². The van der Waals surface area contributed by atoms with Gasteiger partial charge in [0, 0.05) is 52.4 Å². The van der Waals surface area contributed by atoms with Gasteiger partial charge in [0.05, 0.1) is 13.1 Å². The van der Waals surface area contributed by atoms with Gasteiger partial charge in [-0.3, -0.25) is 19.4 Å². The van der Waals surface area contributed by atoms with Crippen LogP contribution in [0.3, 0.4) is 0 Å². The minimum atomic E-state index is 0.318. The van der Waals surface area contributed by atoms with Crippen LogP contribution in [-0.4, -0.2) is 96.9 Å². The molecule has 2 amide bonds. The van der Waals surface area contributed by atoms with Crippen LogP contribution in [0.2, 0.25) is 0 Å². The van der Waals surface area contributed by atoms with E-state index in [2.05, 4.69) is 19.6 Å². The second kappa shape index (κ2) is 5.70. The number of nitrogens with zero attached hydrogens (tertiary/aromatic N) is 4. The Morgan fingerprint density at radius 3 is 1.25 bits per heavy atom. The molecular weight excluding hydrogens is 304 g/mol. The predicted molar refractivity (Wildman–Crippen MR) is 89.2 cm³/mol. The van der Waals surface area contributed by atoms with Crippen LogP contribution >= 0.6 is 0 Å². The van der Waals surface area contributed by atoms with Gasteiger partial charge in [0.1, 0.15) is 0 Å². The molecular formula is C18H28N4O2. The van der Waals surface area contributed by atoms with Crippen LogP contribution in [0.1, 0.15) is 12.8 Å². The van der Waals surface area contributed by atoms with Gasteiger partial charge < -0.3 is 9.80 Å². The molecule has 0 aromatic carbocycles. The van der Waals surface area contributed by atoms with Crippen molar-refractivity contribution in [1.29, 1.82) is 0 Å². The molecule has 0 saturated carbocycles. The SMILES string of the molecule is O=C1CN2CC3CC(C2)CN(CC(=O)N2CC4CC(CN1C4)C2)C3. The maximum atomic E-state index is 12.8. The molecule has 0 aliphatic carbocycles. The molecule has 0 atom stereocenters. The van der Waals surface area contributed by atoms with E-state index in [1.165, 1.54) is 12.8 Å². The number of hydrogen-bond acceptors (Lipinski definition) is 4. The average molecular weight is 332 g/mol. The second-order valence-electron chi connectivity index (χ2n) is 8.92. The first-order chi connectivity index (χ1) is 11.6. The van der Waals surface area contributed by atoms with Crippen molar-refractivity contribution in [3.8, 4) is 0 Å². The molecule has 0 spiro atoms. The topological polar surface area (TPSA) is 47.1 Å². The van der Waals surface area contributed by atoms with Crippen molar-refractivity contribution in [2.45, 2.75) is 12.8 Å². The molecule has 8 saturated heterocycles. The van der Waals surface area contributed by atoms with E-state index in [9.17, 15) is 9.59 Å². The van der Waals surface area contributed by atoms with Gasteiger partial charge in [0.2, 0.25) is 11.8 Å². The summed E-state index contributed by atoms with van der Waals surface area (Å²) in [6, 6.07) is 0. The molecule has 8 fully saturated rings. The van der Waals surface area contributed by atoms with Gasteiger partial charge in [-0.1, -0.05) is 0 Å². The van der Waals surface area contributed by atoms with Crippen LogP contribution in [0, 0.1) is 23.7 Å². The quantitative estimate of drug-likeness (QED) is 0.603. The lowest BCUT2D eigenvalue weighted by atomic mass is 9.83. The predicted octanol–water partition coefficient (Wildman–Crippen LogP) is -0.439. The molecule has 0 aromatic rings. The maximum Gasteiger partial charge on any atom is 0.236 e. The van der Waals surface area contributed by atoms with Gasteiger partial charge in [-0.2, -0.15) is 0 Å². The van der Waals surface area contributed by atoms with Crippen molar-refractivity contribution < 1.29 is 9.59 Å². The zero-order valence-corrected chi connectivity index (χ0v) is 14.4. The van der Waals surface area contributed by atoms with Crippen LogP contribution in [0.5, 0.6) is 0 Å². The van der Waals surface area contributed by atoms with Crippen LogP contribution in [-0.2, 0) is 9.59 Å². The third-order valence-corrected chi connectivity index (χ3v) is 6.74. The molecule has 0 unspecified atom stereocenters. The van der Waals surface area contributed by atoms with E-state index in [0.29, 0.717) is 48.6 Å². The number of hydrogen-bond donors (Lipinski definition) is 0. The molecule has 8 heterocycles. The summed E-state index contributed by atoms with van der Waals surface area (Å²) in [7, 11) is 0. The second-order valence-corrected chi connectivity index (χ2v) is 8.92. The largest absolute Gasteiger partial charge is 0.341 e. The number of rotatable bonds is 0. The fourth-order valence-corrected chi connectivity index (χ4v) is 6.02. The first-order valence-corrected chi connectivity index (χ1v) is 9.62. The Morgan fingerprint density at radius 1 is 0.542 bits per heavy atom. The summed E-state index contributed by atoms with van der Waals surface area (Å²) in [5, 5.41) is 0. The zero-order valence-electron chi connectivity index (χ0n) is 14.4. The normalized spacial score (nSPS) is 45.2. The molecule has 8 aliphatic rings. The maximum absolute atomic E-state index is 12.8. The highest BCUT2D eigenvalue weighted by atomic mass is 16.2. The standard InChI is InChI=1S/C18H28N4O2/c23-17-11-19-3-13-1-14(5-19)6-20(4-13)12-18(24)22-9-15-2-16(10-22)8-21(17)7-15/h13-16H,1-12H2. The molecule has 8 aliphatic heterocycles. The summed E-state index contributed by atoms with van der Waals surface area (Å²) >= 11 is 0. The van der Waals surface area contributed by atoms with Gasteiger partial charge in [0.25, 0.3) is 0 Å². The van der Waals surface area contributed by atoms with E-state index < -0.39 is 0 Å². The third kappa shape index (κ3) is 2.73. The Labute approximate surface area is 143 Å². The number of amides is 2. The molecule has 6 nitrogen and oxygen atoms in total. The van der Waals surface area contributed by atoms with Crippen LogP contribution in [0.15, 0.2) is 0 Å². The summed E-state index contributed by atoms with van der Waals surface area (Å²) in [6.07, 6.45) is 2.46. The van der Waals surface area contributed by atoms with Gasteiger partial charge in [-0.05, 0) is 36.5 Å². The smallest absolute Gasteiger partial charge is 0.236 e.